The number of fused-ring (bicyclic) bond motifs is 3. The van der Waals surface area contributed by atoms with E-state index in [1.165, 1.54) is 6.92 Å². The van der Waals surface area contributed by atoms with Crippen molar-refractivity contribution >= 4 is 61.5 Å². The summed E-state index contributed by atoms with van der Waals surface area (Å²) in [5.41, 5.74) is 1.89. The predicted molar refractivity (Wildman–Crippen MR) is 121 cm³/mol. The van der Waals surface area contributed by atoms with Crippen molar-refractivity contribution < 1.29 is 19.5 Å². The summed E-state index contributed by atoms with van der Waals surface area (Å²) >= 11 is 1.56. The first-order valence-electron chi connectivity index (χ1n) is 9.61. The smallest absolute Gasteiger partial charge is 0.335 e. The van der Waals surface area contributed by atoms with Gasteiger partial charge in [0, 0.05) is 39.7 Å². The lowest BCUT2D eigenvalue weighted by atomic mass is 10.1. The van der Waals surface area contributed by atoms with Gasteiger partial charge in [-0.1, -0.05) is 12.1 Å². The molecule has 2 aromatic carbocycles. The summed E-state index contributed by atoms with van der Waals surface area (Å²) < 4.78 is 1.00. The van der Waals surface area contributed by atoms with Crippen molar-refractivity contribution in [3.05, 3.63) is 65.0 Å². The van der Waals surface area contributed by atoms with Crippen molar-refractivity contribution in [2.24, 2.45) is 0 Å². The Hall–Kier alpha value is -3.78. The van der Waals surface area contributed by atoms with Crippen molar-refractivity contribution in [1.29, 1.82) is 0 Å². The van der Waals surface area contributed by atoms with E-state index in [4.69, 9.17) is 0 Å². The number of aromatic carboxylic acids is 1. The van der Waals surface area contributed by atoms with E-state index < -0.39 is 5.97 Å². The van der Waals surface area contributed by atoms with Crippen LogP contribution in [0, 0.1) is 0 Å². The van der Waals surface area contributed by atoms with Gasteiger partial charge in [-0.25, -0.2) is 9.78 Å². The van der Waals surface area contributed by atoms with Gasteiger partial charge in [0.1, 0.15) is 11.6 Å². The lowest BCUT2D eigenvalue weighted by Gasteiger charge is -2.11. The molecule has 0 aliphatic heterocycles. The third-order valence-corrected chi connectivity index (χ3v) is 5.74. The lowest BCUT2D eigenvalue weighted by Crippen LogP contribution is -2.25. The maximum atomic E-state index is 12.4. The summed E-state index contributed by atoms with van der Waals surface area (Å²) in [6.07, 6.45) is 0.291. The van der Waals surface area contributed by atoms with E-state index in [2.05, 4.69) is 15.6 Å². The molecule has 0 fully saturated rings. The van der Waals surface area contributed by atoms with Crippen LogP contribution in [0.3, 0.4) is 0 Å². The van der Waals surface area contributed by atoms with Crippen LogP contribution < -0.4 is 10.6 Å². The van der Waals surface area contributed by atoms with Gasteiger partial charge >= 0.3 is 5.97 Å². The molecule has 156 valence electrons. The van der Waals surface area contributed by atoms with E-state index in [0.717, 1.165) is 15.5 Å². The highest BCUT2D eigenvalue weighted by atomic mass is 32.1. The Bertz CT molecular complexity index is 1330. The average molecular weight is 433 g/mol. The van der Waals surface area contributed by atoms with Crippen LogP contribution in [0.25, 0.3) is 21.0 Å². The molecule has 0 bridgehead atoms. The summed E-state index contributed by atoms with van der Waals surface area (Å²) in [4.78, 5) is 39.4. The van der Waals surface area contributed by atoms with E-state index >= 15 is 0 Å². The topological polar surface area (TPSA) is 108 Å². The van der Waals surface area contributed by atoms with E-state index in [9.17, 15) is 19.5 Å². The molecule has 0 aliphatic carbocycles. The number of amides is 1. The number of carbonyl (C=O) groups is 3. The van der Waals surface area contributed by atoms with Crippen LogP contribution in [0.2, 0.25) is 0 Å². The van der Waals surface area contributed by atoms with E-state index in [0.29, 0.717) is 35.6 Å². The molecular formula is C23H19N3O4S. The number of aromatic nitrogens is 1. The first-order valence-corrected chi connectivity index (χ1v) is 10.5. The summed E-state index contributed by atoms with van der Waals surface area (Å²) in [6.45, 7) is 1.78. The number of nitrogens with one attached hydrogen (secondary N) is 2. The zero-order valence-corrected chi connectivity index (χ0v) is 17.5. The number of rotatable bonds is 7. The zero-order chi connectivity index (χ0) is 22.0. The molecule has 4 rings (SSSR count). The minimum atomic E-state index is -1.01. The molecule has 7 nitrogen and oxygen atoms in total. The number of benzene rings is 2. The first-order chi connectivity index (χ1) is 14.9. The Labute approximate surface area is 181 Å². The quantitative estimate of drug-likeness (QED) is 0.393. The molecule has 2 aromatic heterocycles. The number of carboxylic acid groups (broad SMARTS) is 1. The Kier molecular flexibility index (Phi) is 5.64. The second-order valence-corrected chi connectivity index (χ2v) is 7.99. The van der Waals surface area contributed by atoms with Gasteiger partial charge in [-0.3, -0.25) is 9.59 Å². The van der Waals surface area contributed by atoms with Gasteiger partial charge in [-0.15, -0.1) is 11.3 Å². The third-order valence-electron chi connectivity index (χ3n) is 4.79. The normalized spacial score (nSPS) is 10.9. The third kappa shape index (κ3) is 4.39. The monoisotopic (exact) mass is 433 g/mol. The van der Waals surface area contributed by atoms with Gasteiger partial charge in [0.15, 0.2) is 0 Å². The number of nitrogens with zero attached hydrogens (tertiary/aromatic N) is 1. The zero-order valence-electron chi connectivity index (χ0n) is 16.6. The maximum absolute atomic E-state index is 12.4. The number of hydrogen-bond acceptors (Lipinski definition) is 6. The fourth-order valence-electron chi connectivity index (χ4n) is 3.26. The summed E-state index contributed by atoms with van der Waals surface area (Å²) in [6, 6.07) is 13.9. The highest BCUT2D eigenvalue weighted by Gasteiger charge is 2.13. The molecule has 3 N–H and O–H groups in total. The summed E-state index contributed by atoms with van der Waals surface area (Å²) in [5.74, 6) is -0.666. The number of anilines is 2. The summed E-state index contributed by atoms with van der Waals surface area (Å²) in [7, 11) is 0. The van der Waals surface area contributed by atoms with Gasteiger partial charge in [0.25, 0.3) is 5.91 Å². The van der Waals surface area contributed by atoms with Crippen LogP contribution in [-0.4, -0.2) is 34.3 Å². The van der Waals surface area contributed by atoms with Crippen molar-refractivity contribution in [3.8, 4) is 0 Å². The molecule has 0 saturated heterocycles. The van der Waals surface area contributed by atoms with E-state index in [-0.39, 0.29) is 17.3 Å². The molecule has 0 atom stereocenters. The number of Topliss-reactive ketones (excluding diaryl/α,β-unsaturated/α-hetero) is 1. The molecule has 8 heteroatoms. The lowest BCUT2D eigenvalue weighted by molar-refractivity contribution is -0.116. The molecule has 2 heterocycles. The van der Waals surface area contributed by atoms with Crippen molar-refractivity contribution in [3.63, 3.8) is 0 Å². The van der Waals surface area contributed by atoms with Crippen molar-refractivity contribution in [1.82, 2.24) is 10.3 Å². The first kappa shape index (κ1) is 20.5. The number of thiophene rings is 1. The number of pyridine rings is 1. The van der Waals surface area contributed by atoms with Crippen LogP contribution in [-0.2, 0) is 4.79 Å². The fraction of sp³-hybridized carbons (Fsp3) is 0.130. The van der Waals surface area contributed by atoms with Crippen molar-refractivity contribution in [2.75, 3.05) is 11.9 Å². The molecule has 0 spiro atoms. The van der Waals surface area contributed by atoms with Crippen LogP contribution in [0.4, 0.5) is 11.5 Å². The second kappa shape index (κ2) is 8.53. The second-order valence-electron chi connectivity index (χ2n) is 7.07. The predicted octanol–water partition coefficient (Wildman–Crippen LogP) is 4.60. The highest BCUT2D eigenvalue weighted by Crippen LogP contribution is 2.35. The molecule has 4 aromatic rings. The number of ketones is 1. The van der Waals surface area contributed by atoms with Gasteiger partial charge in [0.2, 0.25) is 0 Å². The van der Waals surface area contributed by atoms with Gasteiger partial charge in [-0.05, 0) is 48.7 Å². The van der Waals surface area contributed by atoms with Gasteiger partial charge in [-0.2, -0.15) is 0 Å². The largest absolute Gasteiger partial charge is 0.478 e. The number of carbonyl (C=O) groups excluding carboxylic acids is 2. The molecule has 1 amide bonds. The van der Waals surface area contributed by atoms with E-state index in [1.807, 2.05) is 17.5 Å². The van der Waals surface area contributed by atoms with Crippen LogP contribution in [0.15, 0.2) is 53.9 Å². The van der Waals surface area contributed by atoms with Gasteiger partial charge < -0.3 is 15.7 Å². The minimum Gasteiger partial charge on any atom is -0.478 e. The fourth-order valence-corrected chi connectivity index (χ4v) is 4.19. The standard InChI is InChI=1S/C23H19N3O4S/c1-13(27)7-9-24-22(28)14-3-2-4-16(11-14)25-21-18-8-10-31-20(18)17-6-5-15(23(29)30)12-19(17)26-21/h2-6,8,10-12H,7,9H2,1H3,(H,24,28)(H,25,26)(H,29,30). The van der Waals surface area contributed by atoms with Crippen LogP contribution in [0.1, 0.15) is 34.1 Å². The molecule has 0 aliphatic rings. The van der Waals surface area contributed by atoms with Crippen LogP contribution >= 0.6 is 11.3 Å². The Morgan fingerprint density at radius 2 is 1.87 bits per heavy atom. The molecular weight excluding hydrogens is 414 g/mol. The summed E-state index contributed by atoms with van der Waals surface area (Å²) in [5, 5.41) is 19.0. The van der Waals surface area contributed by atoms with Crippen LogP contribution in [0.5, 0.6) is 0 Å². The molecule has 0 saturated carbocycles. The molecule has 0 radical (unpaired) electrons. The average Bonchev–Trinajstić information content (AvgIpc) is 3.24. The Balaban J connectivity index is 1.66. The molecule has 31 heavy (non-hydrogen) atoms. The van der Waals surface area contributed by atoms with Gasteiger partial charge in [0.05, 0.1) is 11.1 Å². The Morgan fingerprint density at radius 1 is 1.03 bits per heavy atom. The highest BCUT2D eigenvalue weighted by molar-refractivity contribution is 7.18. The van der Waals surface area contributed by atoms with E-state index in [1.54, 1.807) is 47.7 Å². The number of carboxylic acids is 1. The Morgan fingerprint density at radius 3 is 2.65 bits per heavy atom. The SMILES string of the molecule is CC(=O)CCNC(=O)c1cccc(Nc2nc3cc(C(=O)O)ccc3c3sccc23)c1. The van der Waals surface area contributed by atoms with Crippen molar-refractivity contribution in [2.45, 2.75) is 13.3 Å². The molecule has 0 unspecified atom stereocenters. The maximum Gasteiger partial charge on any atom is 0.335 e. The number of hydrogen-bond donors (Lipinski definition) is 3. The minimum absolute atomic E-state index is 0.0175.